The molecule has 2 aliphatic rings. The van der Waals surface area contributed by atoms with E-state index in [9.17, 15) is 4.79 Å². The number of carbonyl (C=O) groups is 1. The Morgan fingerprint density at radius 1 is 0.821 bits per heavy atom. The lowest BCUT2D eigenvalue weighted by atomic mass is 9.74. The molecule has 0 radical (unpaired) electrons. The van der Waals surface area contributed by atoms with Crippen molar-refractivity contribution in [2.75, 3.05) is 33.0 Å². The van der Waals surface area contributed by atoms with E-state index in [1.807, 2.05) is 67.6 Å². The number of hydrogen-bond donors (Lipinski definition) is 0. The smallest absolute Gasteiger partial charge is 0.338 e. The number of allylic oxidation sites excluding steroid dienone is 1. The third-order valence-corrected chi connectivity index (χ3v) is 5.28. The summed E-state index contributed by atoms with van der Waals surface area (Å²) in [5, 5.41) is 0. The first-order valence-electron chi connectivity index (χ1n) is 9.57. The molecule has 0 amide bonds. The molecule has 0 N–H and O–H groups in total. The molecular formula is C23H24O5. The first-order chi connectivity index (χ1) is 13.7. The van der Waals surface area contributed by atoms with E-state index < -0.39 is 5.60 Å². The predicted molar refractivity (Wildman–Crippen MR) is 104 cm³/mol. The zero-order valence-corrected chi connectivity index (χ0v) is 15.9. The van der Waals surface area contributed by atoms with Gasteiger partial charge in [0.2, 0.25) is 0 Å². The first-order valence-corrected chi connectivity index (χ1v) is 9.57. The Balaban J connectivity index is 1.85. The van der Waals surface area contributed by atoms with E-state index >= 15 is 0 Å². The lowest BCUT2D eigenvalue weighted by Gasteiger charge is -2.36. The number of rotatable bonds is 2. The van der Waals surface area contributed by atoms with Gasteiger partial charge in [0, 0.05) is 11.1 Å². The maximum Gasteiger partial charge on any atom is 0.338 e. The van der Waals surface area contributed by atoms with Gasteiger partial charge >= 0.3 is 5.97 Å². The molecule has 0 saturated carbocycles. The summed E-state index contributed by atoms with van der Waals surface area (Å²) >= 11 is 0. The van der Waals surface area contributed by atoms with Gasteiger partial charge in [0.1, 0.15) is 12.4 Å². The number of carbonyl (C=O) groups excluding carboxylic acids is 1. The molecule has 2 aromatic rings. The Morgan fingerprint density at radius 2 is 1.39 bits per heavy atom. The summed E-state index contributed by atoms with van der Waals surface area (Å²) in [4.78, 5) is 12.9. The lowest BCUT2D eigenvalue weighted by Crippen LogP contribution is -2.39. The molecule has 2 aromatic carbocycles. The topological polar surface area (TPSA) is 54.0 Å². The van der Waals surface area contributed by atoms with Gasteiger partial charge in [-0.25, -0.2) is 4.79 Å². The molecule has 4 rings (SSSR count). The fourth-order valence-electron chi connectivity index (χ4n) is 4.05. The highest BCUT2D eigenvalue weighted by molar-refractivity contribution is 5.91. The van der Waals surface area contributed by atoms with E-state index in [0.29, 0.717) is 37.8 Å². The molecular weight excluding hydrogens is 356 g/mol. The van der Waals surface area contributed by atoms with Gasteiger partial charge < -0.3 is 18.9 Å². The fraction of sp³-hybridized carbons (Fsp3) is 0.348. The number of hydrogen-bond acceptors (Lipinski definition) is 5. The van der Waals surface area contributed by atoms with Crippen molar-refractivity contribution >= 4 is 5.97 Å². The summed E-state index contributed by atoms with van der Waals surface area (Å²) in [5.41, 5.74) is 1.64. The minimum Gasteiger partial charge on any atom is -0.481 e. The number of fused-ring (bicyclic) bond motifs is 1. The third kappa shape index (κ3) is 3.32. The minimum absolute atomic E-state index is 0.214. The van der Waals surface area contributed by atoms with Crippen LogP contribution in [-0.2, 0) is 29.3 Å². The highest BCUT2D eigenvalue weighted by Gasteiger charge is 2.54. The minimum atomic E-state index is -0.851. The van der Waals surface area contributed by atoms with Gasteiger partial charge in [-0.2, -0.15) is 0 Å². The zero-order chi connectivity index (χ0) is 19.4. The van der Waals surface area contributed by atoms with Crippen LogP contribution in [0, 0.1) is 5.92 Å². The van der Waals surface area contributed by atoms with Crippen LogP contribution in [0.5, 0.6) is 0 Å². The van der Waals surface area contributed by atoms with E-state index in [1.54, 1.807) is 0 Å². The van der Waals surface area contributed by atoms with Gasteiger partial charge in [0.05, 0.1) is 37.9 Å². The van der Waals surface area contributed by atoms with Crippen molar-refractivity contribution in [3.8, 4) is 0 Å². The van der Waals surface area contributed by atoms with Crippen molar-refractivity contribution in [3.05, 3.63) is 83.1 Å². The lowest BCUT2D eigenvalue weighted by molar-refractivity contribution is -0.141. The SMILES string of the molecule is CC1=C2C(=O)OCCOCCOCC2C(c2ccccc2)(c2ccccc2)O1. The molecule has 5 nitrogen and oxygen atoms in total. The zero-order valence-electron chi connectivity index (χ0n) is 15.9. The van der Waals surface area contributed by atoms with E-state index in [2.05, 4.69) is 0 Å². The summed E-state index contributed by atoms with van der Waals surface area (Å²) in [6.45, 7) is 3.65. The summed E-state index contributed by atoms with van der Waals surface area (Å²) in [7, 11) is 0. The van der Waals surface area contributed by atoms with Crippen molar-refractivity contribution in [1.29, 1.82) is 0 Å². The molecule has 0 aliphatic carbocycles. The van der Waals surface area contributed by atoms with E-state index in [-0.39, 0.29) is 18.5 Å². The Bertz CT molecular complexity index is 804. The van der Waals surface area contributed by atoms with E-state index in [4.69, 9.17) is 18.9 Å². The average molecular weight is 380 g/mol. The highest BCUT2D eigenvalue weighted by Crippen LogP contribution is 2.51. The van der Waals surface area contributed by atoms with Crippen LogP contribution in [0.15, 0.2) is 72.0 Å². The van der Waals surface area contributed by atoms with Crippen molar-refractivity contribution in [1.82, 2.24) is 0 Å². The molecule has 0 bridgehead atoms. The quantitative estimate of drug-likeness (QED) is 0.747. The van der Waals surface area contributed by atoms with Crippen LogP contribution < -0.4 is 0 Å². The van der Waals surface area contributed by atoms with Crippen LogP contribution >= 0.6 is 0 Å². The van der Waals surface area contributed by atoms with Gasteiger partial charge in [-0.3, -0.25) is 0 Å². The fourth-order valence-corrected chi connectivity index (χ4v) is 4.05. The van der Waals surface area contributed by atoms with Crippen LogP contribution in [0.3, 0.4) is 0 Å². The normalized spacial score (nSPS) is 22.6. The molecule has 1 fully saturated rings. The van der Waals surface area contributed by atoms with Crippen LogP contribution in [0.4, 0.5) is 0 Å². The van der Waals surface area contributed by atoms with Gasteiger partial charge in [-0.05, 0) is 6.92 Å². The monoisotopic (exact) mass is 380 g/mol. The number of esters is 1. The predicted octanol–water partition coefficient (Wildman–Crippen LogP) is 3.44. The summed E-state index contributed by atoms with van der Waals surface area (Å²) in [6, 6.07) is 20.0. The molecule has 1 saturated heterocycles. The maximum absolute atomic E-state index is 12.9. The van der Waals surface area contributed by atoms with Crippen LogP contribution in [0.2, 0.25) is 0 Å². The Morgan fingerprint density at radius 3 is 2.04 bits per heavy atom. The molecule has 28 heavy (non-hydrogen) atoms. The van der Waals surface area contributed by atoms with Crippen molar-refractivity contribution in [2.24, 2.45) is 5.92 Å². The standard InChI is InChI=1S/C23H24O5/c1-17-21-20(16-26-13-12-25-14-15-27-22(21)24)23(28-17,18-8-4-2-5-9-18)19-10-6-3-7-11-19/h2-11,20H,12-16H2,1H3. The Kier molecular flexibility index (Phi) is 5.46. The maximum atomic E-state index is 12.9. The first kappa shape index (κ1) is 18.7. The van der Waals surface area contributed by atoms with Crippen LogP contribution in [0.25, 0.3) is 0 Å². The molecule has 0 aromatic heterocycles. The third-order valence-electron chi connectivity index (χ3n) is 5.28. The highest BCUT2D eigenvalue weighted by atomic mass is 16.6. The second-order valence-corrected chi connectivity index (χ2v) is 6.92. The molecule has 146 valence electrons. The second kappa shape index (κ2) is 8.17. The van der Waals surface area contributed by atoms with Crippen molar-refractivity contribution < 1.29 is 23.7 Å². The van der Waals surface area contributed by atoms with Gasteiger partial charge in [-0.1, -0.05) is 60.7 Å². The molecule has 5 heteroatoms. The molecule has 2 aliphatic heterocycles. The summed E-state index contributed by atoms with van der Waals surface area (Å²) in [5.74, 6) is -0.125. The molecule has 1 unspecified atom stereocenters. The summed E-state index contributed by atoms with van der Waals surface area (Å²) in [6.07, 6.45) is 0. The van der Waals surface area contributed by atoms with Gasteiger partial charge in [-0.15, -0.1) is 0 Å². The number of benzene rings is 2. The van der Waals surface area contributed by atoms with E-state index in [1.165, 1.54) is 0 Å². The van der Waals surface area contributed by atoms with Crippen molar-refractivity contribution in [2.45, 2.75) is 12.5 Å². The largest absolute Gasteiger partial charge is 0.481 e. The Labute approximate surface area is 164 Å². The van der Waals surface area contributed by atoms with Gasteiger partial charge in [0.25, 0.3) is 0 Å². The molecule has 0 spiro atoms. The average Bonchev–Trinajstić information content (AvgIpc) is 3.01. The van der Waals surface area contributed by atoms with Crippen LogP contribution in [0.1, 0.15) is 18.1 Å². The van der Waals surface area contributed by atoms with Crippen molar-refractivity contribution in [3.63, 3.8) is 0 Å². The summed E-state index contributed by atoms with van der Waals surface area (Å²) < 4.78 is 23.4. The number of cyclic esters (lactones) is 1. The Hall–Kier alpha value is -2.63. The number of ether oxygens (including phenoxy) is 4. The molecule has 2 heterocycles. The molecule has 1 atom stereocenters. The van der Waals surface area contributed by atoms with Gasteiger partial charge in [0.15, 0.2) is 5.60 Å². The van der Waals surface area contributed by atoms with Crippen LogP contribution in [-0.4, -0.2) is 39.0 Å². The van der Waals surface area contributed by atoms with E-state index in [0.717, 1.165) is 11.1 Å². The second-order valence-electron chi connectivity index (χ2n) is 6.92.